The average Bonchev–Trinajstić information content (AvgIpc) is 3.30. The molecular formula is C21H23N5O3S. The van der Waals surface area contributed by atoms with Crippen LogP contribution in [-0.2, 0) is 24.4 Å². The Morgan fingerprint density at radius 3 is 2.60 bits per heavy atom. The predicted molar refractivity (Wildman–Crippen MR) is 117 cm³/mol. The number of fused-ring (bicyclic) bond motifs is 3. The average molecular weight is 426 g/mol. The van der Waals surface area contributed by atoms with E-state index in [1.165, 1.54) is 20.3 Å². The van der Waals surface area contributed by atoms with Gasteiger partial charge in [-0.25, -0.2) is 13.9 Å². The molecule has 0 atom stereocenters. The first-order valence-corrected chi connectivity index (χ1v) is 10.6. The van der Waals surface area contributed by atoms with Gasteiger partial charge in [-0.3, -0.25) is 14.2 Å². The predicted octanol–water partition coefficient (Wildman–Crippen LogP) is 2.15. The van der Waals surface area contributed by atoms with E-state index in [0.29, 0.717) is 23.3 Å². The van der Waals surface area contributed by atoms with Gasteiger partial charge in [-0.2, -0.15) is 0 Å². The van der Waals surface area contributed by atoms with Gasteiger partial charge in [0.2, 0.25) is 11.7 Å². The maximum absolute atomic E-state index is 13.0. The Bertz CT molecular complexity index is 1340. The lowest BCUT2D eigenvalue weighted by Crippen LogP contribution is -2.32. The van der Waals surface area contributed by atoms with Crippen LogP contribution in [0.15, 0.2) is 45.3 Å². The lowest BCUT2D eigenvalue weighted by molar-refractivity contribution is -0.122. The number of amides is 1. The molecule has 0 fully saturated rings. The Morgan fingerprint density at radius 2 is 1.90 bits per heavy atom. The number of nitrogens with zero attached hydrogens (tertiary/aromatic N) is 4. The van der Waals surface area contributed by atoms with E-state index >= 15 is 0 Å². The first-order chi connectivity index (χ1) is 14.3. The highest BCUT2D eigenvalue weighted by molar-refractivity contribution is 7.17. The summed E-state index contributed by atoms with van der Waals surface area (Å²) in [7, 11) is 0. The van der Waals surface area contributed by atoms with Crippen LogP contribution in [0.1, 0.15) is 25.0 Å². The fraction of sp³-hybridized carbons (Fsp3) is 0.333. The van der Waals surface area contributed by atoms with Crippen molar-refractivity contribution >= 4 is 33.2 Å². The summed E-state index contributed by atoms with van der Waals surface area (Å²) in [6.45, 7) is 6.58. The van der Waals surface area contributed by atoms with E-state index in [1.807, 2.05) is 45.0 Å². The van der Waals surface area contributed by atoms with Crippen molar-refractivity contribution in [3.8, 4) is 0 Å². The first-order valence-electron chi connectivity index (χ1n) is 9.77. The maximum atomic E-state index is 13.0. The van der Waals surface area contributed by atoms with Gasteiger partial charge >= 0.3 is 5.69 Å². The van der Waals surface area contributed by atoms with Crippen LogP contribution in [0, 0.1) is 12.8 Å². The molecule has 0 saturated carbocycles. The molecule has 4 rings (SSSR count). The Kier molecular flexibility index (Phi) is 5.29. The number of benzene rings is 1. The number of aromatic nitrogens is 4. The topological polar surface area (TPSA) is 90.4 Å². The van der Waals surface area contributed by atoms with Gasteiger partial charge < -0.3 is 5.32 Å². The Morgan fingerprint density at radius 1 is 1.17 bits per heavy atom. The first kappa shape index (κ1) is 20.1. The summed E-state index contributed by atoms with van der Waals surface area (Å²) in [6, 6.07) is 9.59. The van der Waals surface area contributed by atoms with Gasteiger partial charge in [0.05, 0.1) is 5.52 Å². The van der Waals surface area contributed by atoms with Crippen LogP contribution in [0.2, 0.25) is 0 Å². The standard InChI is InChI=1S/C21H23N5O3S/c1-13(2)11-24-19(28)18-16(8-9-30-18)26-20(24)23-25(21(26)29)12-17(27)22-10-15-6-4-14(3)5-7-15/h4-9,13H,10-12H2,1-3H3,(H,22,27). The Balaban J connectivity index is 1.67. The molecule has 0 bridgehead atoms. The van der Waals surface area contributed by atoms with Crippen LogP contribution in [0.3, 0.4) is 0 Å². The normalized spacial score (nSPS) is 11.6. The van der Waals surface area contributed by atoms with Crippen molar-refractivity contribution in [3.63, 3.8) is 0 Å². The number of rotatable bonds is 6. The molecule has 1 aromatic carbocycles. The van der Waals surface area contributed by atoms with Crippen LogP contribution in [0.4, 0.5) is 0 Å². The zero-order valence-corrected chi connectivity index (χ0v) is 17.9. The smallest absolute Gasteiger partial charge is 0.350 e. The second-order valence-electron chi connectivity index (χ2n) is 7.78. The van der Waals surface area contributed by atoms with E-state index in [2.05, 4.69) is 10.4 Å². The molecular weight excluding hydrogens is 402 g/mol. The molecule has 3 heterocycles. The zero-order valence-electron chi connectivity index (χ0n) is 17.1. The molecule has 0 saturated heterocycles. The summed E-state index contributed by atoms with van der Waals surface area (Å²) >= 11 is 1.30. The van der Waals surface area contributed by atoms with Crippen molar-refractivity contribution in [1.82, 2.24) is 24.1 Å². The summed E-state index contributed by atoms with van der Waals surface area (Å²) in [6.07, 6.45) is 0. The molecule has 3 aromatic heterocycles. The molecule has 30 heavy (non-hydrogen) atoms. The SMILES string of the molecule is Cc1ccc(CNC(=O)Cn2nc3n(CC(C)C)c(=O)c4sccc4n3c2=O)cc1. The van der Waals surface area contributed by atoms with E-state index in [4.69, 9.17) is 0 Å². The molecule has 0 spiro atoms. The van der Waals surface area contributed by atoms with Crippen LogP contribution in [0.25, 0.3) is 16.0 Å². The van der Waals surface area contributed by atoms with Crippen LogP contribution >= 0.6 is 11.3 Å². The zero-order chi connectivity index (χ0) is 21.4. The lowest BCUT2D eigenvalue weighted by Gasteiger charge is -2.09. The fourth-order valence-corrected chi connectivity index (χ4v) is 4.19. The molecule has 156 valence electrons. The molecule has 8 nitrogen and oxygen atoms in total. The van der Waals surface area contributed by atoms with Crippen molar-refractivity contribution in [3.05, 3.63) is 67.7 Å². The molecule has 0 radical (unpaired) electrons. The van der Waals surface area contributed by atoms with Crippen molar-refractivity contribution < 1.29 is 4.79 Å². The molecule has 1 amide bonds. The highest BCUT2D eigenvalue weighted by Gasteiger charge is 2.19. The van der Waals surface area contributed by atoms with E-state index in [0.717, 1.165) is 15.8 Å². The van der Waals surface area contributed by atoms with Crippen LogP contribution in [0.5, 0.6) is 0 Å². The monoisotopic (exact) mass is 425 g/mol. The molecule has 0 aliphatic rings. The number of hydrogen-bond donors (Lipinski definition) is 1. The third kappa shape index (κ3) is 3.68. The van der Waals surface area contributed by atoms with Gasteiger partial charge in [-0.1, -0.05) is 43.7 Å². The second-order valence-corrected chi connectivity index (χ2v) is 8.70. The largest absolute Gasteiger partial charge is 0.352 e. The highest BCUT2D eigenvalue weighted by atomic mass is 32.1. The summed E-state index contributed by atoms with van der Waals surface area (Å²) in [4.78, 5) is 38.3. The van der Waals surface area contributed by atoms with E-state index in [9.17, 15) is 14.4 Å². The van der Waals surface area contributed by atoms with Crippen molar-refractivity contribution in [2.75, 3.05) is 0 Å². The van der Waals surface area contributed by atoms with Crippen molar-refractivity contribution in [1.29, 1.82) is 0 Å². The minimum absolute atomic E-state index is 0.165. The van der Waals surface area contributed by atoms with Crippen LogP contribution in [-0.4, -0.2) is 24.7 Å². The van der Waals surface area contributed by atoms with E-state index in [-0.39, 0.29) is 29.7 Å². The van der Waals surface area contributed by atoms with Crippen LogP contribution < -0.4 is 16.6 Å². The minimum Gasteiger partial charge on any atom is -0.350 e. The Hall–Kier alpha value is -3.20. The number of thiophene rings is 1. The number of aryl methyl sites for hydroxylation is 1. The molecule has 0 aliphatic heterocycles. The number of carbonyl (C=O) groups is 1. The lowest BCUT2D eigenvalue weighted by atomic mass is 10.1. The summed E-state index contributed by atoms with van der Waals surface area (Å²) in [5.74, 6) is 0.137. The molecule has 9 heteroatoms. The third-order valence-electron chi connectivity index (χ3n) is 4.84. The van der Waals surface area contributed by atoms with Gasteiger partial charge in [0.1, 0.15) is 11.2 Å². The van der Waals surface area contributed by atoms with Gasteiger partial charge in [-0.05, 0) is 29.9 Å². The maximum Gasteiger partial charge on any atom is 0.352 e. The van der Waals surface area contributed by atoms with E-state index in [1.54, 1.807) is 11.4 Å². The van der Waals surface area contributed by atoms with Crippen molar-refractivity contribution in [2.45, 2.75) is 40.4 Å². The molecule has 0 unspecified atom stereocenters. The summed E-state index contributed by atoms with van der Waals surface area (Å²) in [5.41, 5.74) is 2.05. The highest BCUT2D eigenvalue weighted by Crippen LogP contribution is 2.17. The second kappa shape index (κ2) is 7.91. The quantitative estimate of drug-likeness (QED) is 0.513. The molecule has 1 N–H and O–H groups in total. The van der Waals surface area contributed by atoms with Gasteiger partial charge in [-0.15, -0.1) is 16.4 Å². The minimum atomic E-state index is -0.434. The third-order valence-corrected chi connectivity index (χ3v) is 5.73. The van der Waals surface area contributed by atoms with E-state index < -0.39 is 5.69 Å². The Labute approximate surface area is 176 Å². The van der Waals surface area contributed by atoms with Gasteiger partial charge in [0.15, 0.2) is 0 Å². The summed E-state index contributed by atoms with van der Waals surface area (Å²) in [5, 5.41) is 8.93. The van der Waals surface area contributed by atoms with Crippen molar-refractivity contribution in [2.24, 2.45) is 5.92 Å². The fourth-order valence-electron chi connectivity index (χ4n) is 3.37. The molecule has 0 aliphatic carbocycles. The summed E-state index contributed by atoms with van der Waals surface area (Å²) < 4.78 is 4.57. The molecule has 4 aromatic rings. The van der Waals surface area contributed by atoms with Gasteiger partial charge in [0.25, 0.3) is 5.56 Å². The number of hydrogen-bond acceptors (Lipinski definition) is 5. The van der Waals surface area contributed by atoms with Gasteiger partial charge in [0, 0.05) is 13.1 Å². The number of nitrogens with one attached hydrogen (secondary N) is 1. The number of carbonyl (C=O) groups excluding carboxylic acids is 1.